The number of anilines is 1. The van der Waals surface area contributed by atoms with E-state index in [1.165, 1.54) is 36.7 Å². The zero-order valence-corrected chi connectivity index (χ0v) is 18.7. The first-order valence-electron chi connectivity index (χ1n) is 10.9. The van der Waals surface area contributed by atoms with Crippen LogP contribution in [0.15, 0.2) is 72.0 Å². The Bertz CT molecular complexity index is 1230. The number of thioether (sulfide) groups is 1. The zero-order chi connectivity index (χ0) is 22.6. The molecule has 2 aromatic carbocycles. The van der Waals surface area contributed by atoms with Gasteiger partial charge in [0.15, 0.2) is 11.0 Å². The minimum atomic E-state index is -0.319. The van der Waals surface area contributed by atoms with Crippen LogP contribution in [0.2, 0.25) is 0 Å². The maximum atomic E-state index is 13.5. The minimum Gasteiger partial charge on any atom is -0.310 e. The van der Waals surface area contributed by atoms with E-state index in [4.69, 9.17) is 0 Å². The van der Waals surface area contributed by atoms with Crippen molar-refractivity contribution in [1.82, 2.24) is 24.5 Å². The monoisotopic (exact) mass is 462 g/mol. The lowest BCUT2D eigenvalue weighted by atomic mass is 10.2. The van der Waals surface area contributed by atoms with Gasteiger partial charge in [0, 0.05) is 17.3 Å². The van der Waals surface area contributed by atoms with Gasteiger partial charge in [-0.1, -0.05) is 54.9 Å². The summed E-state index contributed by atoms with van der Waals surface area (Å²) in [5.74, 6) is 1.04. The van der Waals surface area contributed by atoms with Crippen molar-refractivity contribution in [3.63, 3.8) is 0 Å². The lowest BCUT2D eigenvalue weighted by Gasteiger charge is -2.14. The minimum absolute atomic E-state index is 0.144. The largest absolute Gasteiger partial charge is 0.310 e. The Morgan fingerprint density at radius 3 is 2.55 bits per heavy atom. The molecule has 2 aromatic heterocycles. The number of carbonyl (C=O) groups is 1. The van der Waals surface area contributed by atoms with Gasteiger partial charge in [-0.3, -0.25) is 9.36 Å². The number of nitrogens with one attached hydrogen (secondary N) is 1. The number of nitrogens with zero attached hydrogens (tertiary/aromatic N) is 5. The van der Waals surface area contributed by atoms with Gasteiger partial charge in [-0.05, 0) is 37.1 Å². The van der Waals surface area contributed by atoms with Crippen LogP contribution in [0.1, 0.15) is 31.7 Å². The normalized spacial score (nSPS) is 14.0. The van der Waals surface area contributed by atoms with Crippen LogP contribution in [0.3, 0.4) is 0 Å². The maximum absolute atomic E-state index is 13.5. The van der Waals surface area contributed by atoms with Crippen molar-refractivity contribution >= 4 is 23.5 Å². The standard InChI is InChI=1S/C24H23FN6OS/c25-18-10-12-19(13-11-18)30-23(17-6-2-1-3-7-17)28-29-24(30)33-16-22(32)27-21-14-15-26-31(21)20-8-4-5-9-20/h1-3,6-7,10-15,20H,4-5,8-9,16H2,(H,27,32). The molecule has 1 fully saturated rings. The molecule has 9 heteroatoms. The van der Waals surface area contributed by atoms with Crippen molar-refractivity contribution in [2.75, 3.05) is 11.1 Å². The van der Waals surface area contributed by atoms with Gasteiger partial charge < -0.3 is 5.32 Å². The van der Waals surface area contributed by atoms with E-state index in [0.29, 0.717) is 17.0 Å². The van der Waals surface area contributed by atoms with E-state index in [0.717, 1.165) is 29.9 Å². The maximum Gasteiger partial charge on any atom is 0.235 e. The van der Waals surface area contributed by atoms with Gasteiger partial charge in [0.1, 0.15) is 11.6 Å². The van der Waals surface area contributed by atoms with Crippen LogP contribution in [0.25, 0.3) is 17.1 Å². The number of benzene rings is 2. The number of rotatable bonds is 7. The van der Waals surface area contributed by atoms with Crippen LogP contribution in [-0.4, -0.2) is 36.2 Å². The number of hydrogen-bond acceptors (Lipinski definition) is 5. The van der Waals surface area contributed by atoms with Crippen LogP contribution in [0, 0.1) is 5.82 Å². The second-order valence-electron chi connectivity index (χ2n) is 7.92. The Morgan fingerprint density at radius 2 is 1.79 bits per heavy atom. The Morgan fingerprint density at radius 1 is 1.03 bits per heavy atom. The predicted molar refractivity (Wildman–Crippen MR) is 126 cm³/mol. The average molecular weight is 463 g/mol. The Labute approximate surface area is 195 Å². The van der Waals surface area contributed by atoms with E-state index < -0.39 is 0 Å². The van der Waals surface area contributed by atoms with E-state index in [1.54, 1.807) is 18.3 Å². The van der Waals surface area contributed by atoms with Crippen molar-refractivity contribution < 1.29 is 9.18 Å². The van der Waals surface area contributed by atoms with Crippen LogP contribution in [0.4, 0.5) is 10.2 Å². The van der Waals surface area contributed by atoms with E-state index in [2.05, 4.69) is 20.6 Å². The molecule has 0 aliphatic heterocycles. The highest BCUT2D eigenvalue weighted by atomic mass is 32.2. The summed E-state index contributed by atoms with van der Waals surface area (Å²) in [6.07, 6.45) is 6.27. The number of aromatic nitrogens is 5. The van der Waals surface area contributed by atoms with Crippen LogP contribution >= 0.6 is 11.8 Å². The highest BCUT2D eigenvalue weighted by Crippen LogP contribution is 2.32. The molecule has 0 unspecified atom stereocenters. The molecule has 7 nitrogen and oxygen atoms in total. The summed E-state index contributed by atoms with van der Waals surface area (Å²) >= 11 is 1.28. The smallest absolute Gasteiger partial charge is 0.235 e. The average Bonchev–Trinajstić information content (AvgIpc) is 3.59. The second-order valence-corrected chi connectivity index (χ2v) is 8.86. The Kier molecular flexibility index (Phi) is 6.21. The van der Waals surface area contributed by atoms with Crippen molar-refractivity contribution in [3.8, 4) is 17.1 Å². The molecule has 33 heavy (non-hydrogen) atoms. The third-order valence-corrected chi connectivity index (χ3v) is 6.62. The Balaban J connectivity index is 1.35. The topological polar surface area (TPSA) is 77.6 Å². The molecule has 2 heterocycles. The summed E-state index contributed by atoms with van der Waals surface area (Å²) in [4.78, 5) is 12.7. The summed E-state index contributed by atoms with van der Waals surface area (Å²) < 4.78 is 17.3. The number of amides is 1. The fourth-order valence-electron chi connectivity index (χ4n) is 4.12. The molecule has 0 radical (unpaired) electrons. The molecular weight excluding hydrogens is 439 g/mol. The van der Waals surface area contributed by atoms with Gasteiger partial charge in [0.25, 0.3) is 0 Å². The molecule has 0 saturated heterocycles. The second kappa shape index (κ2) is 9.58. The number of carbonyl (C=O) groups excluding carboxylic acids is 1. The molecule has 1 N–H and O–H groups in total. The first kappa shape index (κ1) is 21.4. The fraction of sp³-hybridized carbons (Fsp3) is 0.250. The summed E-state index contributed by atoms with van der Waals surface area (Å²) in [5.41, 5.74) is 1.61. The summed E-state index contributed by atoms with van der Waals surface area (Å²) in [7, 11) is 0. The van der Waals surface area contributed by atoms with Crippen molar-refractivity contribution in [2.45, 2.75) is 36.9 Å². The van der Waals surface area contributed by atoms with Gasteiger partial charge >= 0.3 is 0 Å². The van der Waals surface area contributed by atoms with E-state index >= 15 is 0 Å². The fourth-order valence-corrected chi connectivity index (χ4v) is 4.87. The van der Waals surface area contributed by atoms with Crippen LogP contribution in [-0.2, 0) is 4.79 Å². The van der Waals surface area contributed by atoms with E-state index in [-0.39, 0.29) is 17.5 Å². The lowest BCUT2D eigenvalue weighted by molar-refractivity contribution is -0.113. The van der Waals surface area contributed by atoms with Crippen molar-refractivity contribution in [1.29, 1.82) is 0 Å². The van der Waals surface area contributed by atoms with Gasteiger partial charge in [0.2, 0.25) is 5.91 Å². The number of hydrogen-bond donors (Lipinski definition) is 1. The first-order chi connectivity index (χ1) is 16.2. The molecular formula is C24H23FN6OS. The van der Waals surface area contributed by atoms with Gasteiger partial charge in [-0.25, -0.2) is 9.07 Å². The van der Waals surface area contributed by atoms with Gasteiger partial charge in [0.05, 0.1) is 18.0 Å². The third kappa shape index (κ3) is 4.68. The SMILES string of the molecule is O=C(CSc1nnc(-c2ccccc2)n1-c1ccc(F)cc1)Nc1ccnn1C1CCCC1. The number of halogens is 1. The molecule has 4 aromatic rings. The van der Waals surface area contributed by atoms with Crippen molar-refractivity contribution in [2.24, 2.45) is 0 Å². The summed E-state index contributed by atoms with van der Waals surface area (Å²) in [6.45, 7) is 0. The van der Waals surface area contributed by atoms with Gasteiger partial charge in [-0.2, -0.15) is 5.10 Å². The predicted octanol–water partition coefficient (Wildman–Crippen LogP) is 5.12. The third-order valence-electron chi connectivity index (χ3n) is 5.69. The highest BCUT2D eigenvalue weighted by Gasteiger charge is 2.21. The Hall–Kier alpha value is -3.46. The molecule has 1 aliphatic carbocycles. The molecule has 0 spiro atoms. The molecule has 168 valence electrons. The molecule has 1 amide bonds. The zero-order valence-electron chi connectivity index (χ0n) is 17.9. The van der Waals surface area contributed by atoms with E-state index in [9.17, 15) is 9.18 Å². The molecule has 0 atom stereocenters. The van der Waals surface area contributed by atoms with Crippen LogP contribution in [0.5, 0.6) is 0 Å². The lowest BCUT2D eigenvalue weighted by Crippen LogP contribution is -2.19. The molecule has 1 aliphatic rings. The highest BCUT2D eigenvalue weighted by molar-refractivity contribution is 7.99. The summed E-state index contributed by atoms with van der Waals surface area (Å²) in [5, 5.41) is 16.6. The molecule has 0 bridgehead atoms. The van der Waals surface area contributed by atoms with Crippen molar-refractivity contribution in [3.05, 3.63) is 72.7 Å². The van der Waals surface area contributed by atoms with E-state index in [1.807, 2.05) is 45.6 Å². The molecule has 5 rings (SSSR count). The van der Waals surface area contributed by atoms with Gasteiger partial charge in [-0.15, -0.1) is 10.2 Å². The quantitative estimate of drug-likeness (QED) is 0.386. The van der Waals surface area contributed by atoms with Crippen LogP contribution < -0.4 is 5.32 Å². The summed E-state index contributed by atoms with van der Waals surface area (Å²) in [6, 6.07) is 18.0. The molecule has 1 saturated carbocycles. The first-order valence-corrected chi connectivity index (χ1v) is 11.9.